The lowest BCUT2D eigenvalue weighted by atomic mass is 10.1. The van der Waals surface area contributed by atoms with Crippen molar-refractivity contribution in [2.24, 2.45) is 0 Å². The molecule has 6 heteroatoms. The van der Waals surface area contributed by atoms with Crippen molar-refractivity contribution in [3.63, 3.8) is 0 Å². The van der Waals surface area contributed by atoms with E-state index in [1.165, 1.54) is 0 Å². The van der Waals surface area contributed by atoms with Crippen molar-refractivity contribution in [2.75, 3.05) is 13.1 Å². The predicted molar refractivity (Wildman–Crippen MR) is 85.7 cm³/mol. The number of nitrogens with one attached hydrogen (secondary N) is 1. The lowest BCUT2D eigenvalue weighted by Crippen LogP contribution is -2.20. The van der Waals surface area contributed by atoms with Gasteiger partial charge in [0.05, 0.1) is 12.7 Å². The molecule has 2 aromatic heterocycles. The Morgan fingerprint density at radius 3 is 2.96 bits per heavy atom. The average Bonchev–Trinajstić information content (AvgIpc) is 3.29. The Balaban J connectivity index is 1.41. The van der Waals surface area contributed by atoms with Crippen molar-refractivity contribution >= 4 is 0 Å². The highest BCUT2D eigenvalue weighted by Gasteiger charge is 2.27. The van der Waals surface area contributed by atoms with Gasteiger partial charge < -0.3 is 4.42 Å². The summed E-state index contributed by atoms with van der Waals surface area (Å²) in [5.74, 6) is 3.76. The number of likely N-dealkylation sites (tertiary alicyclic amines) is 1. The van der Waals surface area contributed by atoms with Gasteiger partial charge in [-0.15, -0.1) is 0 Å². The SMILES string of the molecule is Cc1nc(C2CCN(Cc3ncc(-c4ccccc4)o3)C2)n[nH]1. The molecule has 1 fully saturated rings. The van der Waals surface area contributed by atoms with Crippen LogP contribution < -0.4 is 0 Å². The van der Waals surface area contributed by atoms with E-state index >= 15 is 0 Å². The van der Waals surface area contributed by atoms with Gasteiger partial charge in [0.25, 0.3) is 0 Å². The minimum absolute atomic E-state index is 0.392. The van der Waals surface area contributed by atoms with Gasteiger partial charge in [-0.3, -0.25) is 10.00 Å². The highest BCUT2D eigenvalue weighted by Crippen LogP contribution is 2.26. The lowest BCUT2D eigenvalue weighted by Gasteiger charge is -2.12. The molecule has 1 aromatic carbocycles. The molecule has 0 aliphatic carbocycles. The molecule has 3 aromatic rings. The first-order chi connectivity index (χ1) is 11.3. The van der Waals surface area contributed by atoms with Crippen LogP contribution in [0.2, 0.25) is 0 Å². The smallest absolute Gasteiger partial charge is 0.209 e. The number of aromatic amines is 1. The second-order valence-corrected chi connectivity index (χ2v) is 5.98. The zero-order chi connectivity index (χ0) is 15.6. The maximum Gasteiger partial charge on any atom is 0.209 e. The molecule has 23 heavy (non-hydrogen) atoms. The maximum absolute atomic E-state index is 5.89. The number of benzene rings is 1. The summed E-state index contributed by atoms with van der Waals surface area (Å²) in [7, 11) is 0. The summed E-state index contributed by atoms with van der Waals surface area (Å²) in [5, 5.41) is 7.20. The molecule has 1 saturated heterocycles. The van der Waals surface area contributed by atoms with Crippen LogP contribution >= 0.6 is 0 Å². The van der Waals surface area contributed by atoms with Gasteiger partial charge in [0, 0.05) is 18.0 Å². The van der Waals surface area contributed by atoms with Crippen molar-refractivity contribution in [2.45, 2.75) is 25.8 Å². The summed E-state index contributed by atoms with van der Waals surface area (Å²) in [4.78, 5) is 11.2. The molecule has 4 rings (SSSR count). The normalized spacial score (nSPS) is 18.6. The van der Waals surface area contributed by atoms with Gasteiger partial charge in [-0.1, -0.05) is 30.3 Å². The number of nitrogens with zero attached hydrogens (tertiary/aromatic N) is 4. The first-order valence-corrected chi connectivity index (χ1v) is 7.89. The van der Waals surface area contributed by atoms with Gasteiger partial charge in [-0.2, -0.15) is 5.10 Å². The molecule has 0 amide bonds. The van der Waals surface area contributed by atoms with Crippen LogP contribution in [0.15, 0.2) is 40.9 Å². The number of aromatic nitrogens is 4. The largest absolute Gasteiger partial charge is 0.439 e. The number of aryl methyl sites for hydroxylation is 1. The molecular formula is C17H19N5O. The molecule has 1 N–H and O–H groups in total. The van der Waals surface area contributed by atoms with Crippen LogP contribution in [-0.2, 0) is 6.54 Å². The standard InChI is InChI=1S/C17H19N5O/c1-12-19-17(21-20-12)14-7-8-22(10-14)11-16-18-9-15(23-16)13-5-3-2-4-6-13/h2-6,9,14H,7-8,10-11H2,1H3,(H,19,20,21). The number of oxazole rings is 1. The molecule has 0 saturated carbocycles. The molecule has 0 radical (unpaired) electrons. The van der Waals surface area contributed by atoms with Gasteiger partial charge in [0.15, 0.2) is 11.6 Å². The minimum atomic E-state index is 0.392. The van der Waals surface area contributed by atoms with Crippen LogP contribution in [-0.4, -0.2) is 38.2 Å². The van der Waals surface area contributed by atoms with E-state index < -0.39 is 0 Å². The van der Waals surface area contributed by atoms with Crippen molar-refractivity contribution in [1.29, 1.82) is 0 Å². The Morgan fingerprint density at radius 1 is 1.30 bits per heavy atom. The van der Waals surface area contributed by atoms with E-state index in [0.717, 1.165) is 54.9 Å². The van der Waals surface area contributed by atoms with Crippen molar-refractivity contribution in [3.05, 3.63) is 54.1 Å². The highest BCUT2D eigenvalue weighted by molar-refractivity contribution is 5.55. The van der Waals surface area contributed by atoms with Gasteiger partial charge >= 0.3 is 0 Å². The lowest BCUT2D eigenvalue weighted by molar-refractivity contribution is 0.288. The molecule has 1 aliphatic rings. The van der Waals surface area contributed by atoms with Crippen LogP contribution in [0.3, 0.4) is 0 Å². The Morgan fingerprint density at radius 2 is 2.17 bits per heavy atom. The second kappa shape index (κ2) is 5.96. The Bertz CT molecular complexity index is 779. The monoisotopic (exact) mass is 309 g/mol. The fraction of sp³-hybridized carbons (Fsp3) is 0.353. The third-order valence-corrected chi connectivity index (χ3v) is 4.22. The summed E-state index contributed by atoms with van der Waals surface area (Å²) in [6, 6.07) is 10.1. The Hall–Kier alpha value is -2.47. The first kappa shape index (κ1) is 14.1. The zero-order valence-electron chi connectivity index (χ0n) is 13.1. The molecule has 1 atom stereocenters. The molecule has 118 valence electrons. The van der Waals surface area contributed by atoms with Gasteiger partial charge in [0.1, 0.15) is 5.82 Å². The van der Waals surface area contributed by atoms with Crippen molar-refractivity contribution in [1.82, 2.24) is 25.1 Å². The molecule has 0 bridgehead atoms. The minimum Gasteiger partial charge on any atom is -0.439 e. The molecule has 1 unspecified atom stereocenters. The van der Waals surface area contributed by atoms with Crippen molar-refractivity contribution < 1.29 is 4.42 Å². The Kier molecular flexibility index (Phi) is 3.67. The topological polar surface area (TPSA) is 70.8 Å². The number of rotatable bonds is 4. The molecule has 0 spiro atoms. The number of hydrogen-bond acceptors (Lipinski definition) is 5. The van der Waals surface area contributed by atoms with E-state index in [2.05, 4.69) is 25.1 Å². The second-order valence-electron chi connectivity index (χ2n) is 5.98. The number of H-pyrrole nitrogens is 1. The van der Waals surface area contributed by atoms with E-state index in [4.69, 9.17) is 4.42 Å². The van der Waals surface area contributed by atoms with Gasteiger partial charge in [-0.05, 0) is 19.9 Å². The summed E-state index contributed by atoms with van der Waals surface area (Å²) in [6.07, 6.45) is 2.88. The zero-order valence-corrected chi connectivity index (χ0v) is 13.1. The van der Waals surface area contributed by atoms with Gasteiger partial charge in [0.2, 0.25) is 5.89 Å². The summed E-state index contributed by atoms with van der Waals surface area (Å²) in [6.45, 7) is 4.62. The summed E-state index contributed by atoms with van der Waals surface area (Å²) >= 11 is 0. The predicted octanol–water partition coefficient (Wildman–Crippen LogP) is 2.76. The highest BCUT2D eigenvalue weighted by atomic mass is 16.4. The van der Waals surface area contributed by atoms with E-state index in [0.29, 0.717) is 5.92 Å². The van der Waals surface area contributed by atoms with E-state index in [9.17, 15) is 0 Å². The first-order valence-electron chi connectivity index (χ1n) is 7.89. The molecule has 1 aliphatic heterocycles. The number of hydrogen-bond donors (Lipinski definition) is 1. The van der Waals surface area contributed by atoms with Crippen LogP contribution in [0.1, 0.15) is 29.9 Å². The summed E-state index contributed by atoms with van der Waals surface area (Å²) < 4.78 is 5.89. The molecular weight excluding hydrogens is 290 g/mol. The third kappa shape index (κ3) is 3.03. The third-order valence-electron chi connectivity index (χ3n) is 4.22. The van der Waals surface area contributed by atoms with E-state index in [1.807, 2.05) is 37.3 Å². The van der Waals surface area contributed by atoms with Crippen molar-refractivity contribution in [3.8, 4) is 11.3 Å². The van der Waals surface area contributed by atoms with Crippen LogP contribution in [0.25, 0.3) is 11.3 Å². The Labute approximate surface area is 134 Å². The summed E-state index contributed by atoms with van der Waals surface area (Å²) in [5.41, 5.74) is 1.06. The molecule has 6 nitrogen and oxygen atoms in total. The molecule has 3 heterocycles. The fourth-order valence-electron chi connectivity index (χ4n) is 3.04. The van der Waals surface area contributed by atoms with Crippen LogP contribution in [0.5, 0.6) is 0 Å². The maximum atomic E-state index is 5.89. The van der Waals surface area contributed by atoms with Crippen LogP contribution in [0, 0.1) is 6.92 Å². The fourth-order valence-corrected chi connectivity index (χ4v) is 3.04. The van der Waals surface area contributed by atoms with E-state index in [1.54, 1.807) is 6.20 Å². The van der Waals surface area contributed by atoms with E-state index in [-0.39, 0.29) is 0 Å². The quantitative estimate of drug-likeness (QED) is 0.802. The van der Waals surface area contributed by atoms with Crippen LogP contribution in [0.4, 0.5) is 0 Å². The van der Waals surface area contributed by atoms with Gasteiger partial charge in [-0.25, -0.2) is 9.97 Å². The average molecular weight is 309 g/mol.